The number of nitrogens with one attached hydrogen (secondary N) is 1. The van der Waals surface area contributed by atoms with Gasteiger partial charge in [0.1, 0.15) is 12.4 Å². The molecule has 1 N–H and O–H groups in total. The first-order chi connectivity index (χ1) is 12.1. The Kier molecular flexibility index (Phi) is 6.09. The normalized spacial score (nSPS) is 10.5. The van der Waals surface area contributed by atoms with Crippen molar-refractivity contribution < 1.29 is 4.74 Å². The molecule has 25 heavy (non-hydrogen) atoms. The van der Waals surface area contributed by atoms with Crippen LogP contribution >= 0.6 is 34.8 Å². The standard InChI is InChI=1S/C20H16Cl3NO/c21-16-3-1-2-15(10-16)13-25-18-7-4-14(5-8-18)12-24-17-6-9-19(22)20(23)11-17/h1-11,24H,12-13H2. The average Bonchev–Trinajstić information content (AvgIpc) is 2.62. The molecule has 0 atom stereocenters. The van der Waals surface area contributed by atoms with Gasteiger partial charge >= 0.3 is 0 Å². The van der Waals surface area contributed by atoms with Crippen molar-refractivity contribution in [1.82, 2.24) is 0 Å². The Balaban J connectivity index is 1.54. The van der Waals surface area contributed by atoms with E-state index in [1.807, 2.05) is 60.7 Å². The van der Waals surface area contributed by atoms with Crippen molar-refractivity contribution in [2.75, 3.05) is 5.32 Å². The van der Waals surface area contributed by atoms with Crippen molar-refractivity contribution in [2.24, 2.45) is 0 Å². The molecule has 0 saturated carbocycles. The molecule has 128 valence electrons. The van der Waals surface area contributed by atoms with Crippen LogP contribution in [0.2, 0.25) is 15.1 Å². The van der Waals surface area contributed by atoms with E-state index < -0.39 is 0 Å². The molecule has 0 aromatic heterocycles. The highest BCUT2D eigenvalue weighted by molar-refractivity contribution is 6.42. The summed E-state index contributed by atoms with van der Waals surface area (Å²) < 4.78 is 5.78. The Labute approximate surface area is 162 Å². The number of anilines is 1. The highest BCUT2D eigenvalue weighted by Crippen LogP contribution is 2.25. The van der Waals surface area contributed by atoms with Crippen LogP contribution in [0.15, 0.2) is 66.7 Å². The largest absolute Gasteiger partial charge is 0.489 e. The monoisotopic (exact) mass is 391 g/mol. The molecule has 0 unspecified atom stereocenters. The van der Waals surface area contributed by atoms with E-state index in [0.29, 0.717) is 28.2 Å². The molecule has 0 aliphatic heterocycles. The predicted octanol–water partition coefficient (Wildman–Crippen LogP) is 6.84. The van der Waals surface area contributed by atoms with E-state index in [2.05, 4.69) is 5.32 Å². The zero-order valence-electron chi connectivity index (χ0n) is 13.3. The van der Waals surface area contributed by atoms with Gasteiger partial charge in [-0.15, -0.1) is 0 Å². The molecule has 0 fully saturated rings. The summed E-state index contributed by atoms with van der Waals surface area (Å²) in [4.78, 5) is 0. The molecule has 0 radical (unpaired) electrons. The summed E-state index contributed by atoms with van der Waals surface area (Å²) in [6, 6.07) is 21.1. The lowest BCUT2D eigenvalue weighted by Crippen LogP contribution is -2.00. The van der Waals surface area contributed by atoms with Crippen LogP contribution in [-0.2, 0) is 13.2 Å². The minimum absolute atomic E-state index is 0.488. The van der Waals surface area contributed by atoms with Crippen LogP contribution in [0.3, 0.4) is 0 Å². The van der Waals surface area contributed by atoms with Crippen LogP contribution in [0, 0.1) is 0 Å². The van der Waals surface area contributed by atoms with Crippen molar-refractivity contribution in [2.45, 2.75) is 13.2 Å². The second-order valence-electron chi connectivity index (χ2n) is 5.54. The summed E-state index contributed by atoms with van der Waals surface area (Å²) in [5.41, 5.74) is 3.11. The van der Waals surface area contributed by atoms with Gasteiger partial charge in [-0.1, -0.05) is 59.1 Å². The Morgan fingerprint density at radius 1 is 0.760 bits per heavy atom. The van der Waals surface area contributed by atoms with Gasteiger partial charge in [0.25, 0.3) is 0 Å². The molecule has 5 heteroatoms. The minimum Gasteiger partial charge on any atom is -0.489 e. The first kappa shape index (κ1) is 17.9. The van der Waals surface area contributed by atoms with Gasteiger partial charge in [0, 0.05) is 17.3 Å². The fraction of sp³-hybridized carbons (Fsp3) is 0.100. The summed E-state index contributed by atoms with van der Waals surface area (Å²) in [7, 11) is 0. The van der Waals surface area contributed by atoms with E-state index in [-0.39, 0.29) is 0 Å². The van der Waals surface area contributed by atoms with E-state index in [1.54, 1.807) is 6.07 Å². The number of rotatable bonds is 6. The van der Waals surface area contributed by atoms with E-state index in [1.165, 1.54) is 0 Å². The van der Waals surface area contributed by atoms with Crippen LogP contribution in [-0.4, -0.2) is 0 Å². The van der Waals surface area contributed by atoms with E-state index in [0.717, 1.165) is 22.6 Å². The van der Waals surface area contributed by atoms with Crippen LogP contribution < -0.4 is 10.1 Å². The van der Waals surface area contributed by atoms with E-state index >= 15 is 0 Å². The van der Waals surface area contributed by atoms with Gasteiger partial charge in [-0.3, -0.25) is 0 Å². The maximum absolute atomic E-state index is 6.01. The van der Waals surface area contributed by atoms with Crippen LogP contribution in [0.25, 0.3) is 0 Å². The lowest BCUT2D eigenvalue weighted by atomic mass is 10.2. The third-order valence-electron chi connectivity index (χ3n) is 3.63. The van der Waals surface area contributed by atoms with Gasteiger partial charge in [0.15, 0.2) is 0 Å². The molecule has 0 saturated heterocycles. The predicted molar refractivity (Wildman–Crippen MR) is 106 cm³/mol. The fourth-order valence-electron chi connectivity index (χ4n) is 2.31. The lowest BCUT2D eigenvalue weighted by Gasteiger charge is -2.10. The molecule has 0 aliphatic carbocycles. The highest BCUT2D eigenvalue weighted by Gasteiger charge is 2.01. The van der Waals surface area contributed by atoms with Gasteiger partial charge < -0.3 is 10.1 Å². The zero-order chi connectivity index (χ0) is 17.6. The van der Waals surface area contributed by atoms with Gasteiger partial charge in [-0.05, 0) is 53.6 Å². The third-order valence-corrected chi connectivity index (χ3v) is 4.61. The van der Waals surface area contributed by atoms with Crippen molar-refractivity contribution in [3.63, 3.8) is 0 Å². The highest BCUT2D eigenvalue weighted by atomic mass is 35.5. The lowest BCUT2D eigenvalue weighted by molar-refractivity contribution is 0.306. The number of ether oxygens (including phenoxy) is 1. The molecule has 0 heterocycles. The fourth-order valence-corrected chi connectivity index (χ4v) is 2.82. The molecule has 3 rings (SSSR count). The van der Waals surface area contributed by atoms with Gasteiger partial charge in [0.2, 0.25) is 0 Å². The average molecular weight is 393 g/mol. The minimum atomic E-state index is 0.488. The third kappa shape index (κ3) is 5.30. The van der Waals surface area contributed by atoms with E-state index in [9.17, 15) is 0 Å². The smallest absolute Gasteiger partial charge is 0.119 e. The van der Waals surface area contributed by atoms with Gasteiger partial charge in [-0.25, -0.2) is 0 Å². The number of halogens is 3. The molecular formula is C20H16Cl3NO. The summed E-state index contributed by atoms with van der Waals surface area (Å²) in [5, 5.41) is 5.11. The van der Waals surface area contributed by atoms with Crippen molar-refractivity contribution in [1.29, 1.82) is 0 Å². The number of benzene rings is 3. The van der Waals surface area contributed by atoms with Gasteiger partial charge in [0.05, 0.1) is 10.0 Å². The van der Waals surface area contributed by atoms with Crippen LogP contribution in [0.4, 0.5) is 5.69 Å². The Bertz CT molecular complexity index is 850. The topological polar surface area (TPSA) is 21.3 Å². The maximum Gasteiger partial charge on any atom is 0.119 e. The second-order valence-corrected chi connectivity index (χ2v) is 6.80. The second kappa shape index (κ2) is 8.48. The van der Waals surface area contributed by atoms with Crippen molar-refractivity contribution >= 4 is 40.5 Å². The molecule has 0 aliphatic rings. The molecule has 2 nitrogen and oxygen atoms in total. The Morgan fingerprint density at radius 3 is 2.28 bits per heavy atom. The molecule has 3 aromatic carbocycles. The van der Waals surface area contributed by atoms with E-state index in [4.69, 9.17) is 39.5 Å². The first-order valence-corrected chi connectivity index (χ1v) is 8.89. The summed E-state index contributed by atoms with van der Waals surface area (Å²) in [5.74, 6) is 0.818. The van der Waals surface area contributed by atoms with Crippen molar-refractivity contribution in [3.05, 3.63) is 92.9 Å². The quantitative estimate of drug-likeness (QED) is 0.496. The summed E-state index contributed by atoms with van der Waals surface area (Å²) in [6.07, 6.45) is 0. The molecule has 3 aromatic rings. The summed E-state index contributed by atoms with van der Waals surface area (Å²) in [6.45, 7) is 1.17. The number of hydrogen-bond donors (Lipinski definition) is 1. The van der Waals surface area contributed by atoms with Crippen LogP contribution in [0.5, 0.6) is 5.75 Å². The molecule has 0 spiro atoms. The molecular weight excluding hydrogens is 377 g/mol. The Morgan fingerprint density at radius 2 is 1.56 bits per heavy atom. The maximum atomic E-state index is 6.01. The van der Waals surface area contributed by atoms with Gasteiger partial charge in [-0.2, -0.15) is 0 Å². The first-order valence-electron chi connectivity index (χ1n) is 7.75. The number of hydrogen-bond acceptors (Lipinski definition) is 2. The summed E-state index contributed by atoms with van der Waals surface area (Å²) >= 11 is 17.9. The Hall–Kier alpha value is -1.87. The molecule has 0 amide bonds. The zero-order valence-corrected chi connectivity index (χ0v) is 15.6. The molecule has 0 bridgehead atoms. The SMILES string of the molecule is Clc1cccc(COc2ccc(CNc3ccc(Cl)c(Cl)c3)cc2)c1. The van der Waals surface area contributed by atoms with Crippen LogP contribution in [0.1, 0.15) is 11.1 Å². The van der Waals surface area contributed by atoms with Crippen molar-refractivity contribution in [3.8, 4) is 5.75 Å².